The zero-order valence-corrected chi connectivity index (χ0v) is 14.7. The summed E-state index contributed by atoms with van der Waals surface area (Å²) in [6.07, 6.45) is 0. The Morgan fingerprint density at radius 2 is 1.77 bits per heavy atom. The fourth-order valence-electron chi connectivity index (χ4n) is 2.60. The number of hydrogen-bond donors (Lipinski definition) is 1. The van der Waals surface area contributed by atoms with Gasteiger partial charge in [0.2, 0.25) is 0 Å². The van der Waals surface area contributed by atoms with Crippen LogP contribution in [0.1, 0.15) is 19.4 Å². The first-order valence-electron chi connectivity index (χ1n) is 7.36. The second-order valence-corrected chi connectivity index (χ2v) is 10.7. The van der Waals surface area contributed by atoms with Gasteiger partial charge in [-0.25, -0.2) is 16.8 Å². The highest BCUT2D eigenvalue weighted by molar-refractivity contribution is 7.96. The molecule has 1 fully saturated rings. The summed E-state index contributed by atoms with van der Waals surface area (Å²) >= 11 is 0. The number of rotatable bonds is 5. The third-order valence-electron chi connectivity index (χ3n) is 3.84. The Balaban J connectivity index is 2.32. The maximum absolute atomic E-state index is 12.8. The van der Waals surface area contributed by atoms with Crippen LogP contribution in [0.4, 0.5) is 0 Å². The molecule has 0 amide bonds. The summed E-state index contributed by atoms with van der Waals surface area (Å²) in [6, 6.07) is 6.02. The van der Waals surface area contributed by atoms with Crippen LogP contribution in [0.25, 0.3) is 0 Å². The van der Waals surface area contributed by atoms with Gasteiger partial charge in [0, 0.05) is 6.04 Å². The molecule has 22 heavy (non-hydrogen) atoms. The van der Waals surface area contributed by atoms with Crippen molar-refractivity contribution in [1.82, 2.24) is 5.32 Å². The predicted molar refractivity (Wildman–Crippen MR) is 87.4 cm³/mol. The second kappa shape index (κ2) is 6.29. The Morgan fingerprint density at radius 1 is 1.18 bits per heavy atom. The van der Waals surface area contributed by atoms with Crippen molar-refractivity contribution in [2.45, 2.75) is 37.0 Å². The van der Waals surface area contributed by atoms with Gasteiger partial charge in [0.05, 0.1) is 21.7 Å². The van der Waals surface area contributed by atoms with Crippen LogP contribution in [0.5, 0.6) is 0 Å². The molecule has 1 aromatic carbocycles. The SMILES string of the molecule is Cc1ccc(S(=O)(=O)C2CS(=O)(=O)CC2NCC(C)C)cc1. The molecule has 0 radical (unpaired) electrons. The molecule has 1 saturated heterocycles. The van der Waals surface area contributed by atoms with Crippen molar-refractivity contribution in [3.05, 3.63) is 29.8 Å². The molecule has 0 aromatic heterocycles. The molecule has 2 rings (SSSR count). The van der Waals surface area contributed by atoms with Gasteiger partial charge in [-0.2, -0.15) is 0 Å². The maximum atomic E-state index is 12.8. The molecule has 0 bridgehead atoms. The fraction of sp³-hybridized carbons (Fsp3) is 0.600. The van der Waals surface area contributed by atoms with Gasteiger partial charge in [-0.1, -0.05) is 31.5 Å². The molecule has 5 nitrogen and oxygen atoms in total. The summed E-state index contributed by atoms with van der Waals surface area (Å²) in [5.41, 5.74) is 0.965. The first-order chi connectivity index (χ1) is 10.1. The highest BCUT2D eigenvalue weighted by Crippen LogP contribution is 2.26. The van der Waals surface area contributed by atoms with Gasteiger partial charge in [0.1, 0.15) is 0 Å². The Hall–Kier alpha value is -0.920. The molecule has 1 heterocycles. The monoisotopic (exact) mass is 345 g/mol. The first kappa shape index (κ1) is 17.4. The summed E-state index contributed by atoms with van der Waals surface area (Å²) in [5.74, 6) is -0.0971. The van der Waals surface area contributed by atoms with E-state index < -0.39 is 31.0 Å². The molecular formula is C15H23NO4S2. The third-order valence-corrected chi connectivity index (χ3v) is 8.00. The summed E-state index contributed by atoms with van der Waals surface area (Å²) < 4.78 is 49.4. The highest BCUT2D eigenvalue weighted by atomic mass is 32.2. The summed E-state index contributed by atoms with van der Waals surface area (Å²) in [6.45, 7) is 6.48. The van der Waals surface area contributed by atoms with Gasteiger partial charge < -0.3 is 5.32 Å². The van der Waals surface area contributed by atoms with Crippen LogP contribution in [0.2, 0.25) is 0 Å². The van der Waals surface area contributed by atoms with Crippen molar-refractivity contribution >= 4 is 19.7 Å². The van der Waals surface area contributed by atoms with Gasteiger partial charge >= 0.3 is 0 Å². The van der Waals surface area contributed by atoms with Crippen LogP contribution in [0, 0.1) is 12.8 Å². The summed E-state index contributed by atoms with van der Waals surface area (Å²) in [4.78, 5) is 0.191. The van der Waals surface area contributed by atoms with E-state index in [4.69, 9.17) is 0 Å². The van der Waals surface area contributed by atoms with E-state index in [1.165, 1.54) is 0 Å². The zero-order valence-electron chi connectivity index (χ0n) is 13.1. The largest absolute Gasteiger partial charge is 0.311 e. The lowest BCUT2D eigenvalue weighted by molar-refractivity contribution is 0.480. The average Bonchev–Trinajstić information content (AvgIpc) is 2.73. The molecule has 0 aliphatic carbocycles. The van der Waals surface area contributed by atoms with E-state index in [0.29, 0.717) is 12.5 Å². The molecule has 1 aromatic rings. The zero-order chi connectivity index (χ0) is 16.5. The van der Waals surface area contributed by atoms with Crippen molar-refractivity contribution in [3.8, 4) is 0 Å². The number of benzene rings is 1. The highest BCUT2D eigenvalue weighted by Gasteiger charge is 2.45. The lowest BCUT2D eigenvalue weighted by Gasteiger charge is -2.21. The topological polar surface area (TPSA) is 80.3 Å². The van der Waals surface area contributed by atoms with Crippen molar-refractivity contribution in [1.29, 1.82) is 0 Å². The minimum atomic E-state index is -3.67. The Labute approximate surface area is 133 Å². The normalized spacial score (nSPS) is 24.7. The van der Waals surface area contributed by atoms with E-state index >= 15 is 0 Å². The van der Waals surface area contributed by atoms with Crippen molar-refractivity contribution < 1.29 is 16.8 Å². The predicted octanol–water partition coefficient (Wildman–Crippen LogP) is 1.18. The van der Waals surface area contributed by atoms with Gasteiger partial charge in [0.15, 0.2) is 19.7 Å². The number of sulfone groups is 2. The minimum Gasteiger partial charge on any atom is -0.311 e. The van der Waals surface area contributed by atoms with Gasteiger partial charge in [-0.15, -0.1) is 0 Å². The van der Waals surface area contributed by atoms with E-state index in [1.807, 2.05) is 20.8 Å². The number of hydrogen-bond acceptors (Lipinski definition) is 5. The van der Waals surface area contributed by atoms with Crippen LogP contribution in [0.15, 0.2) is 29.2 Å². The Morgan fingerprint density at radius 3 is 2.32 bits per heavy atom. The van der Waals surface area contributed by atoms with Gasteiger partial charge in [-0.05, 0) is 31.5 Å². The Bertz CT molecular complexity index is 721. The molecule has 1 aliphatic heterocycles. The van der Waals surface area contributed by atoms with Gasteiger partial charge in [0.25, 0.3) is 0 Å². The fourth-order valence-corrected chi connectivity index (χ4v) is 7.32. The van der Waals surface area contributed by atoms with Crippen molar-refractivity contribution in [2.24, 2.45) is 5.92 Å². The summed E-state index contributed by atoms with van der Waals surface area (Å²) in [7, 11) is -7.00. The van der Waals surface area contributed by atoms with E-state index in [1.54, 1.807) is 24.3 Å². The molecule has 124 valence electrons. The Kier molecular flexibility index (Phi) is 4.99. The van der Waals surface area contributed by atoms with E-state index in [9.17, 15) is 16.8 Å². The standard InChI is InChI=1S/C15H23NO4S2/c1-11(2)8-16-14-9-21(17,18)10-15(14)22(19,20)13-6-4-12(3)5-7-13/h4-7,11,14-16H,8-10H2,1-3H3. The smallest absolute Gasteiger partial charge is 0.183 e. The van der Waals surface area contributed by atoms with E-state index in [0.717, 1.165) is 5.56 Å². The third kappa shape index (κ3) is 3.88. The lowest BCUT2D eigenvalue weighted by Crippen LogP contribution is -2.44. The average molecular weight is 345 g/mol. The first-order valence-corrected chi connectivity index (χ1v) is 10.7. The molecule has 2 unspecified atom stereocenters. The van der Waals surface area contributed by atoms with E-state index in [2.05, 4.69) is 5.32 Å². The molecule has 1 N–H and O–H groups in total. The van der Waals surface area contributed by atoms with Crippen LogP contribution in [0.3, 0.4) is 0 Å². The number of aryl methyl sites for hydroxylation is 1. The van der Waals surface area contributed by atoms with Gasteiger partial charge in [-0.3, -0.25) is 0 Å². The molecule has 2 atom stereocenters. The van der Waals surface area contributed by atoms with Crippen molar-refractivity contribution in [2.75, 3.05) is 18.1 Å². The van der Waals surface area contributed by atoms with E-state index in [-0.39, 0.29) is 16.4 Å². The molecule has 1 aliphatic rings. The van der Waals surface area contributed by atoms with Crippen LogP contribution >= 0.6 is 0 Å². The number of nitrogens with one attached hydrogen (secondary N) is 1. The minimum absolute atomic E-state index is 0.116. The van der Waals surface area contributed by atoms with Crippen LogP contribution in [-0.4, -0.2) is 46.2 Å². The molecular weight excluding hydrogens is 322 g/mol. The second-order valence-electron chi connectivity index (χ2n) is 6.38. The maximum Gasteiger partial charge on any atom is 0.183 e. The lowest BCUT2D eigenvalue weighted by atomic mass is 10.2. The molecule has 7 heteroatoms. The molecule has 0 saturated carbocycles. The van der Waals surface area contributed by atoms with Crippen LogP contribution in [-0.2, 0) is 19.7 Å². The quantitative estimate of drug-likeness (QED) is 0.867. The summed E-state index contributed by atoms with van der Waals surface area (Å²) in [5, 5.41) is 2.20. The van der Waals surface area contributed by atoms with Crippen molar-refractivity contribution in [3.63, 3.8) is 0 Å². The molecule has 0 spiro atoms. The van der Waals surface area contributed by atoms with Crippen LogP contribution < -0.4 is 5.32 Å².